The van der Waals surface area contributed by atoms with Gasteiger partial charge in [0.25, 0.3) is 0 Å². The van der Waals surface area contributed by atoms with Crippen molar-refractivity contribution in [3.63, 3.8) is 0 Å². The summed E-state index contributed by atoms with van der Waals surface area (Å²) in [5, 5.41) is 14.1. The van der Waals surface area contributed by atoms with E-state index in [1.165, 1.54) is 0 Å². The summed E-state index contributed by atoms with van der Waals surface area (Å²) in [7, 11) is 0. The largest absolute Gasteiger partial charge is 0.432 e. The van der Waals surface area contributed by atoms with E-state index in [0.29, 0.717) is 23.8 Å². The Morgan fingerprint density at radius 2 is 2.10 bits per heavy atom. The maximum atomic E-state index is 11.1. The van der Waals surface area contributed by atoms with Crippen LogP contribution in [0.4, 0.5) is 11.6 Å². The van der Waals surface area contributed by atoms with Gasteiger partial charge in [-0.25, -0.2) is 4.98 Å². The zero-order valence-electron chi connectivity index (χ0n) is 12.1. The SMILES string of the molecule is CCNc1nc(C)cc(Oc2cccc(C)c2[N+](=O)[O-])n1. The van der Waals surface area contributed by atoms with Crippen molar-refractivity contribution in [3.8, 4) is 11.6 Å². The van der Waals surface area contributed by atoms with Crippen LogP contribution in [0.1, 0.15) is 18.2 Å². The Labute approximate surface area is 122 Å². The van der Waals surface area contributed by atoms with Crippen LogP contribution in [0.15, 0.2) is 24.3 Å². The van der Waals surface area contributed by atoms with E-state index in [2.05, 4.69) is 15.3 Å². The number of anilines is 1. The first kappa shape index (κ1) is 14.7. The number of hydrogen-bond acceptors (Lipinski definition) is 6. The summed E-state index contributed by atoms with van der Waals surface area (Å²) in [5.41, 5.74) is 1.19. The molecule has 0 saturated carbocycles. The lowest BCUT2D eigenvalue weighted by Crippen LogP contribution is -2.04. The van der Waals surface area contributed by atoms with Gasteiger partial charge in [0.15, 0.2) is 0 Å². The third-order valence-corrected chi connectivity index (χ3v) is 2.76. The van der Waals surface area contributed by atoms with E-state index in [1.807, 2.05) is 6.92 Å². The minimum Gasteiger partial charge on any atom is -0.432 e. The third-order valence-electron chi connectivity index (χ3n) is 2.76. The minimum absolute atomic E-state index is 0.0567. The van der Waals surface area contributed by atoms with Crippen LogP contribution < -0.4 is 10.1 Å². The summed E-state index contributed by atoms with van der Waals surface area (Å²) in [6, 6.07) is 6.56. The molecule has 1 N–H and O–H groups in total. The van der Waals surface area contributed by atoms with Crippen molar-refractivity contribution < 1.29 is 9.66 Å². The molecule has 0 spiro atoms. The summed E-state index contributed by atoms with van der Waals surface area (Å²) < 4.78 is 5.59. The Hall–Kier alpha value is -2.70. The van der Waals surface area contributed by atoms with Crippen molar-refractivity contribution in [2.24, 2.45) is 0 Å². The number of aryl methyl sites for hydroxylation is 2. The van der Waals surface area contributed by atoms with E-state index in [9.17, 15) is 10.1 Å². The van der Waals surface area contributed by atoms with Gasteiger partial charge in [-0.1, -0.05) is 12.1 Å². The number of nitro benzene ring substituents is 1. The summed E-state index contributed by atoms with van der Waals surface area (Å²) in [5.74, 6) is 0.871. The number of nitrogens with zero attached hydrogens (tertiary/aromatic N) is 3. The summed E-state index contributed by atoms with van der Waals surface area (Å²) in [6.45, 7) is 6.07. The van der Waals surface area contributed by atoms with Crippen molar-refractivity contribution in [2.45, 2.75) is 20.8 Å². The number of benzene rings is 1. The fourth-order valence-electron chi connectivity index (χ4n) is 1.89. The molecule has 1 aromatic heterocycles. The molecular formula is C14H16N4O3. The van der Waals surface area contributed by atoms with E-state index in [4.69, 9.17) is 4.74 Å². The summed E-state index contributed by atoms with van der Waals surface area (Å²) in [4.78, 5) is 19.1. The molecule has 0 saturated heterocycles. The topological polar surface area (TPSA) is 90.2 Å². The third kappa shape index (κ3) is 3.44. The number of para-hydroxylation sites is 1. The second-order valence-corrected chi connectivity index (χ2v) is 4.48. The molecule has 0 atom stereocenters. The van der Waals surface area contributed by atoms with Crippen molar-refractivity contribution in [3.05, 3.63) is 45.6 Å². The highest BCUT2D eigenvalue weighted by atomic mass is 16.6. The number of aromatic nitrogens is 2. The number of rotatable bonds is 5. The van der Waals surface area contributed by atoms with Crippen molar-refractivity contribution in [2.75, 3.05) is 11.9 Å². The lowest BCUT2D eigenvalue weighted by molar-refractivity contribution is -0.386. The van der Waals surface area contributed by atoms with Crippen LogP contribution in [-0.4, -0.2) is 21.4 Å². The maximum Gasteiger partial charge on any atom is 0.314 e. The lowest BCUT2D eigenvalue weighted by atomic mass is 10.2. The first-order valence-electron chi connectivity index (χ1n) is 6.52. The zero-order chi connectivity index (χ0) is 15.4. The number of nitrogens with one attached hydrogen (secondary N) is 1. The van der Waals surface area contributed by atoms with Gasteiger partial charge in [0.05, 0.1) is 4.92 Å². The normalized spacial score (nSPS) is 10.2. The Morgan fingerprint density at radius 3 is 2.76 bits per heavy atom. The summed E-state index contributed by atoms with van der Waals surface area (Å²) >= 11 is 0. The highest BCUT2D eigenvalue weighted by Gasteiger charge is 2.19. The van der Waals surface area contributed by atoms with Crippen molar-refractivity contribution >= 4 is 11.6 Å². The molecule has 1 aromatic carbocycles. The second-order valence-electron chi connectivity index (χ2n) is 4.48. The quantitative estimate of drug-likeness (QED) is 0.671. The molecule has 2 aromatic rings. The Bertz CT molecular complexity index is 673. The molecule has 0 bridgehead atoms. The van der Waals surface area contributed by atoms with Gasteiger partial charge in [-0.2, -0.15) is 4.98 Å². The fraction of sp³-hybridized carbons (Fsp3) is 0.286. The van der Waals surface area contributed by atoms with Gasteiger partial charge in [-0.3, -0.25) is 10.1 Å². The van der Waals surface area contributed by atoms with Gasteiger partial charge in [0, 0.05) is 23.9 Å². The van der Waals surface area contributed by atoms with E-state index in [1.54, 1.807) is 38.1 Å². The highest BCUT2D eigenvalue weighted by Crippen LogP contribution is 2.33. The molecule has 0 aliphatic heterocycles. The van der Waals surface area contributed by atoms with Crippen LogP contribution in [0, 0.1) is 24.0 Å². The lowest BCUT2D eigenvalue weighted by Gasteiger charge is -2.09. The standard InChI is InChI=1S/C14H16N4O3/c1-4-15-14-16-10(3)8-12(17-14)21-11-7-5-6-9(2)13(11)18(19)20/h5-8H,4H2,1-3H3,(H,15,16,17). The molecule has 0 radical (unpaired) electrons. The molecule has 0 amide bonds. The maximum absolute atomic E-state index is 11.1. The predicted octanol–water partition coefficient (Wildman–Crippen LogP) is 3.23. The molecule has 2 rings (SSSR count). The van der Waals surface area contributed by atoms with Crippen LogP contribution >= 0.6 is 0 Å². The molecule has 0 fully saturated rings. The number of hydrogen-bond donors (Lipinski definition) is 1. The zero-order valence-corrected chi connectivity index (χ0v) is 12.1. The average molecular weight is 288 g/mol. The van der Waals surface area contributed by atoms with Gasteiger partial charge in [0.2, 0.25) is 17.6 Å². The first-order chi connectivity index (χ1) is 10.0. The summed E-state index contributed by atoms with van der Waals surface area (Å²) in [6.07, 6.45) is 0. The van der Waals surface area contributed by atoms with Gasteiger partial charge in [0.1, 0.15) is 0 Å². The molecule has 7 heteroatoms. The van der Waals surface area contributed by atoms with Crippen LogP contribution in [-0.2, 0) is 0 Å². The van der Waals surface area contributed by atoms with E-state index >= 15 is 0 Å². The van der Waals surface area contributed by atoms with E-state index in [0.717, 1.165) is 0 Å². The first-order valence-corrected chi connectivity index (χ1v) is 6.52. The Morgan fingerprint density at radius 1 is 1.33 bits per heavy atom. The number of nitro groups is 1. The van der Waals surface area contributed by atoms with Gasteiger partial charge < -0.3 is 10.1 Å². The molecule has 0 aliphatic rings. The van der Waals surface area contributed by atoms with Crippen LogP contribution in [0.3, 0.4) is 0 Å². The van der Waals surface area contributed by atoms with Crippen molar-refractivity contribution in [1.29, 1.82) is 0 Å². The predicted molar refractivity (Wildman–Crippen MR) is 78.8 cm³/mol. The molecule has 1 heterocycles. The van der Waals surface area contributed by atoms with Gasteiger partial charge >= 0.3 is 5.69 Å². The van der Waals surface area contributed by atoms with E-state index < -0.39 is 4.92 Å². The second kappa shape index (κ2) is 6.17. The van der Waals surface area contributed by atoms with Crippen LogP contribution in [0.5, 0.6) is 11.6 Å². The monoisotopic (exact) mass is 288 g/mol. The van der Waals surface area contributed by atoms with Crippen molar-refractivity contribution in [1.82, 2.24) is 9.97 Å². The molecular weight excluding hydrogens is 272 g/mol. The van der Waals surface area contributed by atoms with Gasteiger partial charge in [-0.15, -0.1) is 0 Å². The minimum atomic E-state index is -0.454. The molecule has 7 nitrogen and oxygen atoms in total. The van der Waals surface area contributed by atoms with Crippen LogP contribution in [0.25, 0.3) is 0 Å². The van der Waals surface area contributed by atoms with Crippen LogP contribution in [0.2, 0.25) is 0 Å². The molecule has 0 unspecified atom stereocenters. The Balaban J connectivity index is 2.38. The fourth-order valence-corrected chi connectivity index (χ4v) is 1.89. The smallest absolute Gasteiger partial charge is 0.314 e. The average Bonchev–Trinajstić information content (AvgIpc) is 2.37. The molecule has 21 heavy (non-hydrogen) atoms. The molecule has 110 valence electrons. The Kier molecular flexibility index (Phi) is 4.32. The molecule has 0 aliphatic carbocycles. The van der Waals surface area contributed by atoms with Gasteiger partial charge in [-0.05, 0) is 26.8 Å². The number of ether oxygens (including phenoxy) is 1. The highest BCUT2D eigenvalue weighted by molar-refractivity contribution is 5.53. The van der Waals surface area contributed by atoms with E-state index in [-0.39, 0.29) is 17.3 Å².